The molecule has 3 rings (SSSR count). The van der Waals surface area contributed by atoms with E-state index in [-0.39, 0.29) is 23.0 Å². The van der Waals surface area contributed by atoms with Crippen LogP contribution in [0.4, 0.5) is 5.69 Å². The second-order valence-electron chi connectivity index (χ2n) is 11.1. The van der Waals surface area contributed by atoms with Gasteiger partial charge in [0.25, 0.3) is 10.0 Å². The smallest absolute Gasteiger partial charge is 0.264 e. The number of amides is 2. The molecule has 1 N–H and O–H groups in total. The lowest BCUT2D eigenvalue weighted by molar-refractivity contribution is -0.140. The molecule has 220 valence electrons. The summed E-state index contributed by atoms with van der Waals surface area (Å²) in [5, 5.41) is 2.94. The summed E-state index contributed by atoms with van der Waals surface area (Å²) < 4.78 is 35.0. The minimum Gasteiger partial charge on any atom is -0.492 e. The van der Waals surface area contributed by atoms with Crippen molar-refractivity contribution in [1.82, 2.24) is 10.2 Å². The van der Waals surface area contributed by atoms with E-state index in [1.807, 2.05) is 58.9 Å². The second-order valence-corrected chi connectivity index (χ2v) is 13.0. The van der Waals surface area contributed by atoms with Crippen molar-refractivity contribution in [2.45, 2.75) is 71.5 Å². The summed E-state index contributed by atoms with van der Waals surface area (Å²) in [5.74, 6) is -0.521. The van der Waals surface area contributed by atoms with Crippen LogP contribution in [0.15, 0.2) is 77.7 Å². The summed E-state index contributed by atoms with van der Waals surface area (Å²) in [6.45, 7) is 12.8. The Morgan fingerprint density at radius 3 is 2.02 bits per heavy atom. The van der Waals surface area contributed by atoms with Crippen LogP contribution < -0.4 is 14.4 Å². The van der Waals surface area contributed by atoms with E-state index in [0.717, 1.165) is 21.0 Å². The number of nitrogens with zero attached hydrogens (tertiary/aromatic N) is 2. The van der Waals surface area contributed by atoms with E-state index < -0.39 is 34.1 Å². The number of aryl methyl sites for hydroxylation is 2. The minimum absolute atomic E-state index is 0.0470. The lowest BCUT2D eigenvalue weighted by Crippen LogP contribution is -2.54. The Hall–Kier alpha value is -3.85. The van der Waals surface area contributed by atoms with Gasteiger partial charge >= 0.3 is 0 Å². The highest BCUT2D eigenvalue weighted by molar-refractivity contribution is 7.92. The van der Waals surface area contributed by atoms with Gasteiger partial charge in [0, 0.05) is 12.1 Å². The first-order chi connectivity index (χ1) is 19.2. The van der Waals surface area contributed by atoms with Crippen molar-refractivity contribution in [2.24, 2.45) is 0 Å². The minimum atomic E-state index is -4.19. The molecule has 8 nitrogen and oxygen atoms in total. The zero-order valence-electron chi connectivity index (χ0n) is 25.0. The molecule has 0 aliphatic heterocycles. The van der Waals surface area contributed by atoms with Crippen LogP contribution in [-0.4, -0.2) is 49.9 Å². The van der Waals surface area contributed by atoms with Gasteiger partial charge in [-0.3, -0.25) is 13.9 Å². The Balaban J connectivity index is 2.08. The van der Waals surface area contributed by atoms with Crippen LogP contribution in [0.1, 0.15) is 51.3 Å². The van der Waals surface area contributed by atoms with Gasteiger partial charge in [-0.2, -0.15) is 0 Å². The average molecular weight is 580 g/mol. The molecule has 3 aromatic rings. The lowest BCUT2D eigenvalue weighted by Gasteiger charge is -2.33. The number of carbonyl (C=O) groups excluding carboxylic acids is 2. The number of para-hydroxylation sites is 2. The molecule has 0 radical (unpaired) electrons. The maximum Gasteiger partial charge on any atom is 0.264 e. The molecule has 0 aromatic heterocycles. The van der Waals surface area contributed by atoms with Gasteiger partial charge in [-0.25, -0.2) is 8.42 Å². The number of sulfonamides is 1. The van der Waals surface area contributed by atoms with E-state index >= 15 is 0 Å². The van der Waals surface area contributed by atoms with Crippen LogP contribution >= 0.6 is 0 Å². The predicted molar refractivity (Wildman–Crippen MR) is 162 cm³/mol. The van der Waals surface area contributed by atoms with Crippen molar-refractivity contribution < 1.29 is 22.7 Å². The fourth-order valence-electron chi connectivity index (χ4n) is 4.24. The Morgan fingerprint density at radius 1 is 0.902 bits per heavy atom. The van der Waals surface area contributed by atoms with Crippen molar-refractivity contribution >= 4 is 27.5 Å². The highest BCUT2D eigenvalue weighted by Gasteiger charge is 2.34. The van der Waals surface area contributed by atoms with Crippen LogP contribution in [0, 0.1) is 13.8 Å². The van der Waals surface area contributed by atoms with Crippen molar-refractivity contribution in [2.75, 3.05) is 17.5 Å². The van der Waals surface area contributed by atoms with Crippen LogP contribution in [0.25, 0.3) is 0 Å². The molecule has 3 aromatic carbocycles. The maximum absolute atomic E-state index is 14.1. The number of carbonyl (C=O) groups is 2. The molecule has 0 saturated heterocycles. The highest BCUT2D eigenvalue weighted by Crippen LogP contribution is 2.33. The molecule has 0 heterocycles. The number of hydrogen-bond acceptors (Lipinski definition) is 5. The Labute approximate surface area is 244 Å². The first kappa shape index (κ1) is 31.7. The van der Waals surface area contributed by atoms with Crippen molar-refractivity contribution in [3.8, 4) is 5.75 Å². The van der Waals surface area contributed by atoms with E-state index in [0.29, 0.717) is 12.4 Å². The van der Waals surface area contributed by atoms with E-state index in [2.05, 4.69) is 5.32 Å². The predicted octanol–water partition coefficient (Wildman–Crippen LogP) is 5.23. The van der Waals surface area contributed by atoms with Gasteiger partial charge in [0.15, 0.2) is 0 Å². The summed E-state index contributed by atoms with van der Waals surface area (Å²) in [6.07, 6.45) is 0. The first-order valence-corrected chi connectivity index (χ1v) is 15.1. The number of anilines is 1. The maximum atomic E-state index is 14.1. The summed E-state index contributed by atoms with van der Waals surface area (Å²) in [5.41, 5.74) is 2.52. The number of nitrogens with one attached hydrogen (secondary N) is 1. The third kappa shape index (κ3) is 8.33. The number of rotatable bonds is 11. The summed E-state index contributed by atoms with van der Waals surface area (Å²) in [7, 11) is -4.19. The lowest BCUT2D eigenvalue weighted by atomic mass is 10.1. The third-order valence-electron chi connectivity index (χ3n) is 6.46. The molecule has 0 bridgehead atoms. The largest absolute Gasteiger partial charge is 0.492 e. The fraction of sp³-hybridized carbons (Fsp3) is 0.375. The zero-order chi connectivity index (χ0) is 30.4. The normalized spacial score (nSPS) is 12.4. The van der Waals surface area contributed by atoms with Crippen LogP contribution in [-0.2, 0) is 26.2 Å². The van der Waals surface area contributed by atoms with Crippen molar-refractivity contribution in [1.29, 1.82) is 0 Å². The molecule has 0 spiro atoms. The molecule has 0 aliphatic carbocycles. The summed E-state index contributed by atoms with van der Waals surface area (Å²) in [4.78, 5) is 28.8. The molecular weight excluding hydrogens is 538 g/mol. The standard InChI is InChI=1S/C32H41N3O5S/c1-8-40-29-12-10-9-11-28(29)35(41(38,39)27-19-15-24(3)16-20-27)22-30(36)34(21-26-17-13-23(2)14-18-26)25(4)31(37)33-32(5,6)7/h9-20,25H,8,21-22H2,1-7H3,(H,33,37)/t25-/m0/s1. The monoisotopic (exact) mass is 579 g/mol. The SMILES string of the molecule is CCOc1ccccc1N(CC(=O)N(Cc1ccc(C)cc1)[C@@H](C)C(=O)NC(C)(C)C)S(=O)(=O)c1ccc(C)cc1. The molecule has 0 saturated carbocycles. The summed E-state index contributed by atoms with van der Waals surface area (Å²) >= 11 is 0. The molecule has 0 aliphatic rings. The van der Waals surface area contributed by atoms with Crippen molar-refractivity contribution in [3.63, 3.8) is 0 Å². The van der Waals surface area contributed by atoms with E-state index in [1.54, 1.807) is 50.2 Å². The van der Waals surface area contributed by atoms with Crippen LogP contribution in [0.2, 0.25) is 0 Å². The third-order valence-corrected chi connectivity index (χ3v) is 8.23. The quantitative estimate of drug-likeness (QED) is 0.336. The number of hydrogen-bond donors (Lipinski definition) is 1. The van der Waals surface area contributed by atoms with Gasteiger partial charge in [-0.1, -0.05) is 59.7 Å². The highest BCUT2D eigenvalue weighted by atomic mass is 32.2. The number of benzene rings is 3. The van der Waals surface area contributed by atoms with E-state index in [9.17, 15) is 18.0 Å². The van der Waals surface area contributed by atoms with Gasteiger partial charge in [-0.05, 0) is 78.3 Å². The molecule has 1 atom stereocenters. The first-order valence-electron chi connectivity index (χ1n) is 13.7. The summed E-state index contributed by atoms with van der Waals surface area (Å²) in [6, 6.07) is 20.0. The van der Waals surface area contributed by atoms with Gasteiger partial charge < -0.3 is 15.0 Å². The molecule has 2 amide bonds. The molecule has 0 unspecified atom stereocenters. The Bertz CT molecular complexity index is 1450. The van der Waals surface area contributed by atoms with E-state index in [1.165, 1.54) is 17.0 Å². The topological polar surface area (TPSA) is 96.0 Å². The molecule has 41 heavy (non-hydrogen) atoms. The molecule has 0 fully saturated rings. The average Bonchev–Trinajstić information content (AvgIpc) is 2.91. The van der Waals surface area contributed by atoms with Crippen molar-refractivity contribution in [3.05, 3.63) is 89.5 Å². The van der Waals surface area contributed by atoms with Gasteiger partial charge in [0.05, 0.1) is 17.2 Å². The van der Waals surface area contributed by atoms with E-state index in [4.69, 9.17) is 4.74 Å². The van der Waals surface area contributed by atoms with Gasteiger partial charge in [0.1, 0.15) is 18.3 Å². The second kappa shape index (κ2) is 13.2. The molecule has 9 heteroatoms. The Morgan fingerprint density at radius 2 is 1.46 bits per heavy atom. The van der Waals surface area contributed by atoms with Gasteiger partial charge in [-0.15, -0.1) is 0 Å². The fourth-order valence-corrected chi connectivity index (χ4v) is 5.66. The Kier molecular flexibility index (Phi) is 10.2. The van der Waals surface area contributed by atoms with Gasteiger partial charge in [0.2, 0.25) is 11.8 Å². The molecular formula is C32H41N3O5S. The van der Waals surface area contributed by atoms with Crippen LogP contribution in [0.5, 0.6) is 5.75 Å². The zero-order valence-corrected chi connectivity index (χ0v) is 25.8. The number of ether oxygens (including phenoxy) is 1. The van der Waals surface area contributed by atoms with Crippen LogP contribution in [0.3, 0.4) is 0 Å².